The second kappa shape index (κ2) is 8.50. The van der Waals surface area contributed by atoms with Gasteiger partial charge >= 0.3 is 0 Å². The molecular formula is C12H26N2O4S. The molecule has 0 radical (unpaired) electrons. The van der Waals surface area contributed by atoms with Gasteiger partial charge in [0, 0.05) is 33.2 Å². The van der Waals surface area contributed by atoms with Crippen LogP contribution in [-0.2, 0) is 19.4 Å². The zero-order valence-electron chi connectivity index (χ0n) is 12.3. The number of nitrogens with one attached hydrogen (secondary N) is 2. The van der Waals surface area contributed by atoms with Crippen LogP contribution < -0.4 is 10.6 Å². The van der Waals surface area contributed by atoms with Crippen molar-refractivity contribution in [3.05, 3.63) is 0 Å². The molecule has 0 aromatic heterocycles. The Kier molecular flexibility index (Phi) is 8.20. The molecule has 0 rings (SSSR count). The number of ether oxygens (including phenoxy) is 1. The van der Waals surface area contributed by atoms with E-state index in [0.717, 1.165) is 0 Å². The maximum Gasteiger partial charge on any atom is 0.221 e. The lowest BCUT2D eigenvalue weighted by Crippen LogP contribution is -2.36. The summed E-state index contributed by atoms with van der Waals surface area (Å²) < 4.78 is 27.7. The lowest BCUT2D eigenvalue weighted by atomic mass is 10.3. The van der Waals surface area contributed by atoms with Crippen molar-refractivity contribution in [3.63, 3.8) is 0 Å². The van der Waals surface area contributed by atoms with Crippen LogP contribution in [0.1, 0.15) is 27.2 Å². The van der Waals surface area contributed by atoms with Crippen molar-refractivity contribution >= 4 is 15.7 Å². The van der Waals surface area contributed by atoms with Crippen LogP contribution in [0.3, 0.4) is 0 Å². The molecule has 114 valence electrons. The van der Waals surface area contributed by atoms with E-state index in [1.807, 2.05) is 0 Å². The summed E-state index contributed by atoms with van der Waals surface area (Å²) in [6, 6.07) is 0. The van der Waals surface area contributed by atoms with Gasteiger partial charge in [-0.2, -0.15) is 0 Å². The first-order valence-electron chi connectivity index (χ1n) is 6.39. The zero-order chi connectivity index (χ0) is 14.9. The Morgan fingerprint density at radius 2 is 1.79 bits per heavy atom. The van der Waals surface area contributed by atoms with Gasteiger partial charge in [-0.3, -0.25) is 4.79 Å². The molecule has 0 aliphatic carbocycles. The molecule has 0 fully saturated rings. The number of hydrogen-bond donors (Lipinski definition) is 2. The average molecular weight is 294 g/mol. The molecule has 0 atom stereocenters. The number of amides is 1. The zero-order valence-corrected chi connectivity index (χ0v) is 13.1. The normalized spacial score (nSPS) is 12.4. The van der Waals surface area contributed by atoms with Crippen LogP contribution >= 0.6 is 0 Å². The predicted octanol–water partition coefficient (Wildman–Crippen LogP) is -0.0580. The Balaban J connectivity index is 3.69. The van der Waals surface area contributed by atoms with E-state index in [0.29, 0.717) is 32.7 Å². The first kappa shape index (κ1) is 18.3. The van der Waals surface area contributed by atoms with E-state index >= 15 is 0 Å². The Morgan fingerprint density at radius 3 is 2.32 bits per heavy atom. The molecule has 0 aromatic rings. The lowest BCUT2D eigenvalue weighted by molar-refractivity contribution is -0.121. The highest BCUT2D eigenvalue weighted by Crippen LogP contribution is 2.14. The van der Waals surface area contributed by atoms with Crippen molar-refractivity contribution in [1.29, 1.82) is 0 Å². The van der Waals surface area contributed by atoms with Gasteiger partial charge < -0.3 is 15.4 Å². The largest absolute Gasteiger partial charge is 0.383 e. The van der Waals surface area contributed by atoms with Gasteiger partial charge in [-0.25, -0.2) is 8.42 Å². The van der Waals surface area contributed by atoms with Crippen molar-refractivity contribution in [3.8, 4) is 0 Å². The molecule has 0 heterocycles. The van der Waals surface area contributed by atoms with E-state index in [4.69, 9.17) is 4.74 Å². The van der Waals surface area contributed by atoms with E-state index in [9.17, 15) is 13.2 Å². The summed E-state index contributed by atoms with van der Waals surface area (Å²) in [5, 5.41) is 5.66. The molecule has 0 spiro atoms. The summed E-state index contributed by atoms with van der Waals surface area (Å²) in [7, 11) is -1.52. The van der Waals surface area contributed by atoms with Crippen LogP contribution in [0.2, 0.25) is 0 Å². The molecular weight excluding hydrogens is 268 g/mol. The molecule has 0 aromatic carbocycles. The number of rotatable bonds is 9. The molecule has 0 saturated heterocycles. The fraction of sp³-hybridized carbons (Fsp3) is 0.917. The third kappa shape index (κ3) is 8.18. The van der Waals surface area contributed by atoms with E-state index in [1.54, 1.807) is 27.9 Å². The Hall–Kier alpha value is -0.660. The summed E-state index contributed by atoms with van der Waals surface area (Å²) in [4.78, 5) is 11.3. The standard InChI is InChI=1S/C12H26N2O4S/c1-12(2,3)19(16,17)10-8-13-6-5-11(15)14-7-9-18-4/h13H,5-10H2,1-4H3,(H,14,15). The minimum atomic E-state index is -3.10. The van der Waals surface area contributed by atoms with Crippen LogP contribution in [0.5, 0.6) is 0 Å². The quantitative estimate of drug-likeness (QED) is 0.582. The van der Waals surface area contributed by atoms with Crippen molar-refractivity contribution in [1.82, 2.24) is 10.6 Å². The summed E-state index contributed by atoms with van der Waals surface area (Å²) in [6.45, 7) is 6.88. The minimum Gasteiger partial charge on any atom is -0.383 e. The maximum absolute atomic E-state index is 11.8. The van der Waals surface area contributed by atoms with Gasteiger partial charge in [0.2, 0.25) is 5.91 Å². The van der Waals surface area contributed by atoms with Crippen LogP contribution in [0.15, 0.2) is 0 Å². The summed E-state index contributed by atoms with van der Waals surface area (Å²) in [5.41, 5.74) is 0. The molecule has 0 aliphatic heterocycles. The molecule has 19 heavy (non-hydrogen) atoms. The first-order valence-corrected chi connectivity index (χ1v) is 8.04. The fourth-order valence-corrected chi connectivity index (χ4v) is 2.25. The summed E-state index contributed by atoms with van der Waals surface area (Å²) >= 11 is 0. The SMILES string of the molecule is COCCNC(=O)CCNCCS(=O)(=O)C(C)(C)C. The van der Waals surface area contributed by atoms with Crippen molar-refractivity contribution < 1.29 is 17.9 Å². The van der Waals surface area contributed by atoms with Gasteiger partial charge in [-0.15, -0.1) is 0 Å². The fourth-order valence-electron chi connectivity index (χ4n) is 1.22. The number of carbonyl (C=O) groups is 1. The minimum absolute atomic E-state index is 0.0665. The van der Waals surface area contributed by atoms with Gasteiger partial charge in [0.05, 0.1) is 17.1 Å². The molecule has 1 amide bonds. The molecule has 0 saturated carbocycles. The second-order valence-corrected chi connectivity index (χ2v) is 8.14. The molecule has 0 bridgehead atoms. The van der Waals surface area contributed by atoms with Crippen LogP contribution in [0.4, 0.5) is 0 Å². The van der Waals surface area contributed by atoms with E-state index in [1.165, 1.54) is 0 Å². The van der Waals surface area contributed by atoms with Gasteiger partial charge in [0.1, 0.15) is 0 Å². The van der Waals surface area contributed by atoms with Crippen molar-refractivity contribution in [2.45, 2.75) is 31.9 Å². The highest BCUT2D eigenvalue weighted by atomic mass is 32.2. The predicted molar refractivity (Wildman–Crippen MR) is 75.9 cm³/mol. The Bertz CT molecular complexity index is 360. The monoisotopic (exact) mass is 294 g/mol. The number of methoxy groups -OCH3 is 1. The third-order valence-corrected chi connectivity index (χ3v) is 5.25. The van der Waals surface area contributed by atoms with E-state index in [-0.39, 0.29) is 11.7 Å². The lowest BCUT2D eigenvalue weighted by Gasteiger charge is -2.19. The number of hydrogen-bond acceptors (Lipinski definition) is 5. The number of carbonyl (C=O) groups excluding carboxylic acids is 1. The molecule has 0 unspecified atom stereocenters. The van der Waals surface area contributed by atoms with E-state index in [2.05, 4.69) is 10.6 Å². The molecule has 6 nitrogen and oxygen atoms in total. The van der Waals surface area contributed by atoms with E-state index < -0.39 is 14.6 Å². The van der Waals surface area contributed by atoms with Crippen LogP contribution in [0.25, 0.3) is 0 Å². The Labute approximate surface area is 116 Å². The van der Waals surface area contributed by atoms with Crippen LogP contribution in [0, 0.1) is 0 Å². The maximum atomic E-state index is 11.8. The highest BCUT2D eigenvalue weighted by molar-refractivity contribution is 7.92. The third-order valence-electron chi connectivity index (χ3n) is 2.64. The highest BCUT2D eigenvalue weighted by Gasteiger charge is 2.27. The summed E-state index contributed by atoms with van der Waals surface area (Å²) in [5.74, 6) is 0.0187. The van der Waals surface area contributed by atoms with Crippen molar-refractivity contribution in [2.75, 3.05) is 39.1 Å². The second-order valence-electron chi connectivity index (χ2n) is 5.27. The Morgan fingerprint density at radius 1 is 1.16 bits per heavy atom. The molecule has 7 heteroatoms. The summed E-state index contributed by atoms with van der Waals surface area (Å²) in [6.07, 6.45) is 0.333. The first-order chi connectivity index (χ1) is 8.70. The van der Waals surface area contributed by atoms with Crippen molar-refractivity contribution in [2.24, 2.45) is 0 Å². The molecule has 0 aliphatic rings. The number of sulfone groups is 1. The van der Waals surface area contributed by atoms with Gasteiger partial charge in [-0.1, -0.05) is 0 Å². The molecule has 2 N–H and O–H groups in total. The topological polar surface area (TPSA) is 84.5 Å². The smallest absolute Gasteiger partial charge is 0.221 e. The van der Waals surface area contributed by atoms with Gasteiger partial charge in [0.25, 0.3) is 0 Å². The van der Waals surface area contributed by atoms with Gasteiger partial charge in [0.15, 0.2) is 9.84 Å². The average Bonchev–Trinajstić information content (AvgIpc) is 2.27. The van der Waals surface area contributed by atoms with Gasteiger partial charge in [-0.05, 0) is 20.8 Å². The van der Waals surface area contributed by atoms with Crippen LogP contribution in [-0.4, -0.2) is 58.2 Å².